The molecule has 3 atom stereocenters. The van der Waals surface area contributed by atoms with Gasteiger partial charge in [-0.3, -0.25) is 4.79 Å². The van der Waals surface area contributed by atoms with Crippen LogP contribution in [0.2, 0.25) is 0 Å². The second kappa shape index (κ2) is 5.08. The van der Waals surface area contributed by atoms with Crippen molar-refractivity contribution in [1.29, 1.82) is 0 Å². The first-order valence-corrected chi connectivity index (χ1v) is 6.14. The van der Waals surface area contributed by atoms with E-state index in [-0.39, 0.29) is 11.8 Å². The molecule has 3 nitrogen and oxygen atoms in total. The van der Waals surface area contributed by atoms with E-state index in [2.05, 4.69) is 0 Å². The van der Waals surface area contributed by atoms with Crippen LogP contribution < -0.4 is 5.73 Å². The highest BCUT2D eigenvalue weighted by Gasteiger charge is 2.35. The molecule has 2 aliphatic rings. The molecular weight excluding hydrogens is 190 g/mol. The maximum absolute atomic E-state index is 12.2. The molecule has 0 radical (unpaired) electrons. The summed E-state index contributed by atoms with van der Waals surface area (Å²) in [5.74, 6) is 1.27. The van der Waals surface area contributed by atoms with Crippen molar-refractivity contribution >= 4 is 5.78 Å². The van der Waals surface area contributed by atoms with Crippen molar-refractivity contribution in [2.24, 2.45) is 23.5 Å². The largest absolute Gasteiger partial charge is 0.381 e. The Balaban J connectivity index is 1.96. The van der Waals surface area contributed by atoms with E-state index in [9.17, 15) is 4.79 Å². The molecule has 0 amide bonds. The molecule has 2 N–H and O–H groups in total. The topological polar surface area (TPSA) is 52.3 Å². The van der Waals surface area contributed by atoms with Gasteiger partial charge >= 0.3 is 0 Å². The zero-order valence-electron chi connectivity index (χ0n) is 9.28. The fourth-order valence-corrected chi connectivity index (χ4v) is 2.93. The molecule has 0 aromatic carbocycles. The van der Waals surface area contributed by atoms with Gasteiger partial charge in [0.15, 0.2) is 0 Å². The Hall–Kier alpha value is -0.410. The molecule has 0 aromatic heterocycles. The summed E-state index contributed by atoms with van der Waals surface area (Å²) >= 11 is 0. The summed E-state index contributed by atoms with van der Waals surface area (Å²) < 4.78 is 5.29. The maximum atomic E-state index is 12.2. The molecule has 15 heavy (non-hydrogen) atoms. The molecule has 86 valence electrons. The number of hydrogen-bond acceptors (Lipinski definition) is 3. The van der Waals surface area contributed by atoms with Crippen molar-refractivity contribution in [1.82, 2.24) is 0 Å². The molecule has 3 unspecified atom stereocenters. The highest BCUT2D eigenvalue weighted by atomic mass is 16.5. The monoisotopic (exact) mass is 211 g/mol. The number of rotatable bonds is 3. The van der Waals surface area contributed by atoms with Crippen LogP contribution in [-0.2, 0) is 9.53 Å². The quantitative estimate of drug-likeness (QED) is 0.766. The summed E-state index contributed by atoms with van der Waals surface area (Å²) in [7, 11) is 0. The predicted octanol–water partition coefficient (Wildman–Crippen LogP) is 1.36. The van der Waals surface area contributed by atoms with Crippen LogP contribution in [0.1, 0.15) is 32.1 Å². The summed E-state index contributed by atoms with van der Waals surface area (Å²) in [4.78, 5) is 12.2. The second-order valence-corrected chi connectivity index (χ2v) is 4.85. The summed E-state index contributed by atoms with van der Waals surface area (Å²) in [6, 6.07) is 0. The molecule has 0 spiro atoms. The smallest absolute Gasteiger partial charge is 0.141 e. The zero-order valence-corrected chi connectivity index (χ0v) is 9.28. The molecule has 0 aromatic rings. The minimum atomic E-state index is 0.169. The number of ketones is 1. The molecule has 1 heterocycles. The molecule has 1 saturated heterocycles. The Morgan fingerprint density at radius 2 is 2.07 bits per heavy atom. The average molecular weight is 211 g/mol. The van der Waals surface area contributed by atoms with Crippen LogP contribution in [0.15, 0.2) is 0 Å². The molecule has 1 saturated carbocycles. The van der Waals surface area contributed by atoms with Gasteiger partial charge in [-0.1, -0.05) is 12.8 Å². The van der Waals surface area contributed by atoms with Crippen LogP contribution in [0.3, 0.4) is 0 Å². The molecular formula is C12H21NO2. The van der Waals surface area contributed by atoms with Crippen LogP contribution in [0, 0.1) is 17.8 Å². The molecule has 2 fully saturated rings. The van der Waals surface area contributed by atoms with Gasteiger partial charge < -0.3 is 10.5 Å². The van der Waals surface area contributed by atoms with Crippen molar-refractivity contribution < 1.29 is 9.53 Å². The first-order chi connectivity index (χ1) is 7.33. The lowest BCUT2D eigenvalue weighted by molar-refractivity contribution is -0.129. The standard InChI is InChI=1S/C12H21NO2/c13-7-9-3-1-2-4-11(9)12(14)10-5-6-15-8-10/h9-11H,1-8,13H2. The first-order valence-electron chi connectivity index (χ1n) is 6.14. The summed E-state index contributed by atoms with van der Waals surface area (Å²) in [5.41, 5.74) is 5.75. The zero-order chi connectivity index (χ0) is 10.7. The number of hydrogen-bond donors (Lipinski definition) is 1. The summed E-state index contributed by atoms with van der Waals surface area (Å²) in [6.45, 7) is 2.08. The lowest BCUT2D eigenvalue weighted by Gasteiger charge is -2.30. The third-order valence-corrected chi connectivity index (χ3v) is 3.91. The number of nitrogens with two attached hydrogens (primary N) is 1. The van der Waals surface area contributed by atoms with Gasteiger partial charge in [0.2, 0.25) is 0 Å². The third kappa shape index (κ3) is 2.40. The highest BCUT2D eigenvalue weighted by Crippen LogP contribution is 2.33. The Morgan fingerprint density at radius 3 is 2.73 bits per heavy atom. The molecule has 1 aliphatic carbocycles. The third-order valence-electron chi connectivity index (χ3n) is 3.91. The highest BCUT2D eigenvalue weighted by molar-refractivity contribution is 5.84. The first kappa shape index (κ1) is 11.1. The van der Waals surface area contributed by atoms with E-state index < -0.39 is 0 Å². The van der Waals surface area contributed by atoms with Crippen molar-refractivity contribution in [2.45, 2.75) is 32.1 Å². The molecule has 1 aliphatic heterocycles. The van der Waals surface area contributed by atoms with Gasteiger partial charge in [-0.05, 0) is 31.7 Å². The lowest BCUT2D eigenvalue weighted by Crippen LogP contribution is -2.35. The second-order valence-electron chi connectivity index (χ2n) is 4.85. The van der Waals surface area contributed by atoms with E-state index in [0.29, 0.717) is 24.9 Å². The summed E-state index contributed by atoms with van der Waals surface area (Å²) in [5, 5.41) is 0. The molecule has 2 rings (SSSR count). The van der Waals surface area contributed by atoms with E-state index in [1.807, 2.05) is 0 Å². The lowest BCUT2D eigenvalue weighted by atomic mass is 9.74. The molecule has 0 bridgehead atoms. The maximum Gasteiger partial charge on any atom is 0.141 e. The van der Waals surface area contributed by atoms with E-state index in [1.165, 1.54) is 12.8 Å². The predicted molar refractivity (Wildman–Crippen MR) is 58.4 cm³/mol. The number of carbonyl (C=O) groups excluding carboxylic acids is 1. The Kier molecular flexibility index (Phi) is 3.76. The number of carbonyl (C=O) groups is 1. The Labute approximate surface area is 91.4 Å². The molecule has 3 heteroatoms. The van der Waals surface area contributed by atoms with Gasteiger partial charge in [0.25, 0.3) is 0 Å². The fraction of sp³-hybridized carbons (Fsp3) is 0.917. The SMILES string of the molecule is NCC1CCCCC1C(=O)C1CCOC1. The fourth-order valence-electron chi connectivity index (χ4n) is 2.93. The average Bonchev–Trinajstić information content (AvgIpc) is 2.81. The van der Waals surface area contributed by atoms with E-state index in [4.69, 9.17) is 10.5 Å². The van der Waals surface area contributed by atoms with Crippen molar-refractivity contribution in [3.63, 3.8) is 0 Å². The Morgan fingerprint density at radius 1 is 1.27 bits per heavy atom. The van der Waals surface area contributed by atoms with E-state index in [1.54, 1.807) is 0 Å². The van der Waals surface area contributed by atoms with Gasteiger partial charge in [-0.15, -0.1) is 0 Å². The summed E-state index contributed by atoms with van der Waals surface area (Å²) in [6.07, 6.45) is 5.55. The van der Waals surface area contributed by atoms with Crippen LogP contribution in [0.25, 0.3) is 0 Å². The van der Waals surface area contributed by atoms with Crippen molar-refractivity contribution in [2.75, 3.05) is 19.8 Å². The van der Waals surface area contributed by atoms with Gasteiger partial charge in [0.05, 0.1) is 6.61 Å². The minimum absolute atomic E-state index is 0.169. The van der Waals surface area contributed by atoms with Crippen LogP contribution >= 0.6 is 0 Å². The van der Waals surface area contributed by atoms with Gasteiger partial charge in [-0.2, -0.15) is 0 Å². The number of Topliss-reactive ketones (excluding diaryl/α,β-unsaturated/α-hetero) is 1. The van der Waals surface area contributed by atoms with Crippen LogP contribution in [0.4, 0.5) is 0 Å². The van der Waals surface area contributed by atoms with Gasteiger partial charge in [-0.25, -0.2) is 0 Å². The van der Waals surface area contributed by atoms with Crippen molar-refractivity contribution in [3.05, 3.63) is 0 Å². The van der Waals surface area contributed by atoms with E-state index in [0.717, 1.165) is 25.9 Å². The Bertz CT molecular complexity index is 224. The van der Waals surface area contributed by atoms with Crippen LogP contribution in [0.5, 0.6) is 0 Å². The normalized spacial score (nSPS) is 36.7. The van der Waals surface area contributed by atoms with Crippen LogP contribution in [-0.4, -0.2) is 25.5 Å². The number of ether oxygens (including phenoxy) is 1. The van der Waals surface area contributed by atoms with Crippen molar-refractivity contribution in [3.8, 4) is 0 Å². The minimum Gasteiger partial charge on any atom is -0.381 e. The van der Waals surface area contributed by atoms with Gasteiger partial charge in [0, 0.05) is 18.4 Å². The van der Waals surface area contributed by atoms with Gasteiger partial charge in [0.1, 0.15) is 5.78 Å². The van der Waals surface area contributed by atoms with E-state index >= 15 is 0 Å².